The fourth-order valence-electron chi connectivity index (χ4n) is 3.34. The lowest BCUT2D eigenvalue weighted by Crippen LogP contribution is -2.39. The molecule has 0 saturated carbocycles. The van der Waals surface area contributed by atoms with Crippen molar-refractivity contribution in [3.8, 4) is 16.7 Å². The SMILES string of the molecule is C[S+]([O-])N1CCC(COc2nc(-c3cnc(N)s3)nc(N3CCOCC3)n2)CC1. The van der Waals surface area contributed by atoms with Gasteiger partial charge in [-0.3, -0.25) is 0 Å². The van der Waals surface area contributed by atoms with Crippen LogP contribution in [-0.4, -0.2) is 81.0 Å². The number of rotatable bonds is 6. The van der Waals surface area contributed by atoms with E-state index in [1.54, 1.807) is 12.5 Å². The van der Waals surface area contributed by atoms with Crippen molar-refractivity contribution in [2.45, 2.75) is 12.8 Å². The van der Waals surface area contributed by atoms with E-state index in [1.807, 2.05) is 4.31 Å². The van der Waals surface area contributed by atoms with E-state index in [2.05, 4.69) is 24.8 Å². The number of hydrogen-bond donors (Lipinski definition) is 1. The molecule has 0 amide bonds. The third-order valence-corrected chi connectivity index (χ3v) is 6.94. The lowest BCUT2D eigenvalue weighted by molar-refractivity contribution is 0.121. The molecule has 12 heteroatoms. The van der Waals surface area contributed by atoms with Gasteiger partial charge in [0.25, 0.3) is 0 Å². The van der Waals surface area contributed by atoms with Gasteiger partial charge in [0.15, 0.2) is 11.0 Å². The Morgan fingerprint density at radius 1 is 1.24 bits per heavy atom. The van der Waals surface area contributed by atoms with E-state index in [-0.39, 0.29) is 0 Å². The number of nitrogen functional groups attached to an aromatic ring is 1. The molecule has 2 aromatic heterocycles. The summed E-state index contributed by atoms with van der Waals surface area (Å²) in [6, 6.07) is 0.310. The summed E-state index contributed by atoms with van der Waals surface area (Å²) >= 11 is 0.428. The summed E-state index contributed by atoms with van der Waals surface area (Å²) < 4.78 is 25.0. The molecule has 29 heavy (non-hydrogen) atoms. The predicted molar refractivity (Wildman–Crippen MR) is 112 cm³/mol. The molecule has 4 heterocycles. The van der Waals surface area contributed by atoms with E-state index in [9.17, 15) is 4.55 Å². The fourth-order valence-corrected chi connectivity index (χ4v) is 4.69. The third-order valence-electron chi connectivity index (χ3n) is 5.03. The number of ether oxygens (including phenoxy) is 2. The second kappa shape index (κ2) is 9.39. The van der Waals surface area contributed by atoms with E-state index in [0.717, 1.165) is 43.9 Å². The molecule has 0 aromatic carbocycles. The molecule has 0 spiro atoms. The quantitative estimate of drug-likeness (QED) is 0.646. The monoisotopic (exact) mass is 439 g/mol. The number of nitrogens with two attached hydrogens (primary N) is 1. The first-order valence-electron chi connectivity index (χ1n) is 9.60. The van der Waals surface area contributed by atoms with Crippen LogP contribution in [-0.2, 0) is 16.1 Å². The maximum absolute atomic E-state index is 11.6. The van der Waals surface area contributed by atoms with Crippen LogP contribution in [0.3, 0.4) is 0 Å². The highest BCUT2D eigenvalue weighted by molar-refractivity contribution is 7.88. The molecule has 1 atom stereocenters. The van der Waals surface area contributed by atoms with Crippen LogP contribution in [0.1, 0.15) is 12.8 Å². The fraction of sp³-hybridized carbons (Fsp3) is 0.647. The first-order chi connectivity index (χ1) is 14.1. The molecule has 2 saturated heterocycles. The molecule has 2 aliphatic heterocycles. The maximum atomic E-state index is 11.6. The zero-order valence-electron chi connectivity index (χ0n) is 16.3. The van der Waals surface area contributed by atoms with Gasteiger partial charge in [0.05, 0.1) is 30.9 Å². The largest absolute Gasteiger partial charge is 0.598 e. The summed E-state index contributed by atoms with van der Waals surface area (Å²) in [5, 5.41) is 0.468. The second-order valence-electron chi connectivity index (χ2n) is 7.01. The highest BCUT2D eigenvalue weighted by Gasteiger charge is 2.25. The summed E-state index contributed by atoms with van der Waals surface area (Å²) in [7, 11) is 0. The van der Waals surface area contributed by atoms with Gasteiger partial charge in [-0.25, -0.2) is 4.98 Å². The van der Waals surface area contributed by atoms with Crippen molar-refractivity contribution in [2.24, 2.45) is 5.92 Å². The smallest absolute Gasteiger partial charge is 0.321 e. The van der Waals surface area contributed by atoms with Crippen LogP contribution in [0.5, 0.6) is 6.01 Å². The molecule has 0 aliphatic carbocycles. The van der Waals surface area contributed by atoms with Gasteiger partial charge < -0.3 is 24.7 Å². The summed E-state index contributed by atoms with van der Waals surface area (Å²) in [4.78, 5) is 20.6. The molecule has 0 bridgehead atoms. The average Bonchev–Trinajstić information content (AvgIpc) is 3.19. The lowest BCUT2D eigenvalue weighted by Gasteiger charge is -2.30. The van der Waals surface area contributed by atoms with Crippen molar-refractivity contribution >= 4 is 33.8 Å². The number of hydrogen-bond acceptors (Lipinski definition) is 11. The topological polar surface area (TPSA) is 126 Å². The van der Waals surface area contributed by atoms with Crippen LogP contribution in [0.15, 0.2) is 6.20 Å². The Morgan fingerprint density at radius 2 is 2.00 bits per heavy atom. The normalized spacial score (nSPS) is 20.0. The Kier molecular flexibility index (Phi) is 6.65. The molecule has 2 fully saturated rings. The number of thiazole rings is 1. The van der Waals surface area contributed by atoms with Crippen molar-refractivity contribution in [1.82, 2.24) is 24.2 Å². The van der Waals surface area contributed by atoms with Gasteiger partial charge in [-0.2, -0.15) is 15.0 Å². The maximum Gasteiger partial charge on any atom is 0.321 e. The zero-order chi connectivity index (χ0) is 20.2. The Balaban J connectivity index is 1.48. The van der Waals surface area contributed by atoms with E-state index >= 15 is 0 Å². The summed E-state index contributed by atoms with van der Waals surface area (Å²) in [6.07, 6.45) is 5.28. The number of morpholine rings is 1. The average molecular weight is 440 g/mol. The van der Waals surface area contributed by atoms with E-state index < -0.39 is 11.4 Å². The second-order valence-corrected chi connectivity index (χ2v) is 9.44. The number of anilines is 2. The van der Waals surface area contributed by atoms with E-state index in [4.69, 9.17) is 15.2 Å². The molecule has 1 unspecified atom stereocenters. The van der Waals surface area contributed by atoms with Gasteiger partial charge in [0.1, 0.15) is 6.26 Å². The molecule has 2 aliphatic rings. The number of nitrogens with zero attached hydrogens (tertiary/aromatic N) is 6. The Hall–Kier alpha value is -1.73. The molecule has 0 radical (unpaired) electrons. The highest BCUT2D eigenvalue weighted by atomic mass is 32.2. The Labute approximate surface area is 176 Å². The molecular formula is C17H25N7O3S2. The van der Waals surface area contributed by atoms with Crippen molar-refractivity contribution < 1.29 is 14.0 Å². The van der Waals surface area contributed by atoms with Crippen molar-refractivity contribution in [2.75, 3.05) is 62.9 Å². The van der Waals surface area contributed by atoms with Crippen LogP contribution >= 0.6 is 11.3 Å². The minimum absolute atomic E-state index is 0.310. The van der Waals surface area contributed by atoms with Gasteiger partial charge in [0.2, 0.25) is 5.95 Å². The lowest BCUT2D eigenvalue weighted by atomic mass is 9.99. The summed E-state index contributed by atoms with van der Waals surface area (Å²) in [6.45, 7) is 4.89. The van der Waals surface area contributed by atoms with E-state index in [0.29, 0.717) is 48.7 Å². The zero-order valence-corrected chi connectivity index (χ0v) is 18.0. The predicted octanol–water partition coefficient (Wildman–Crippen LogP) is 0.798. The minimum Gasteiger partial charge on any atom is -0.598 e. The minimum atomic E-state index is -0.906. The number of aromatic nitrogens is 4. The van der Waals surface area contributed by atoms with Crippen molar-refractivity contribution in [1.29, 1.82) is 0 Å². The molecule has 10 nitrogen and oxygen atoms in total. The first-order valence-corrected chi connectivity index (χ1v) is 11.9. The van der Waals surface area contributed by atoms with E-state index in [1.165, 1.54) is 11.3 Å². The highest BCUT2D eigenvalue weighted by Crippen LogP contribution is 2.28. The van der Waals surface area contributed by atoms with Crippen LogP contribution in [0, 0.1) is 5.92 Å². The number of piperidine rings is 1. The van der Waals surface area contributed by atoms with Gasteiger partial charge in [0, 0.05) is 37.5 Å². The molecule has 158 valence electrons. The van der Waals surface area contributed by atoms with Gasteiger partial charge in [-0.05, 0) is 18.8 Å². The van der Waals surface area contributed by atoms with Gasteiger partial charge >= 0.3 is 6.01 Å². The van der Waals surface area contributed by atoms with Gasteiger partial charge in [-0.15, -0.1) is 4.31 Å². The van der Waals surface area contributed by atoms with Crippen LogP contribution in [0.4, 0.5) is 11.1 Å². The van der Waals surface area contributed by atoms with Crippen molar-refractivity contribution in [3.05, 3.63) is 6.20 Å². The first kappa shape index (κ1) is 20.5. The molecule has 2 N–H and O–H groups in total. The summed E-state index contributed by atoms with van der Waals surface area (Å²) in [5.74, 6) is 1.49. The third kappa shape index (κ3) is 5.25. The molecule has 4 rings (SSSR count). The van der Waals surface area contributed by atoms with Crippen LogP contribution in [0.2, 0.25) is 0 Å². The van der Waals surface area contributed by atoms with Crippen molar-refractivity contribution in [3.63, 3.8) is 0 Å². The van der Waals surface area contributed by atoms with Crippen LogP contribution < -0.4 is 15.4 Å². The van der Waals surface area contributed by atoms with Gasteiger partial charge in [-0.1, -0.05) is 11.3 Å². The van der Waals surface area contributed by atoms with Crippen LogP contribution in [0.25, 0.3) is 10.7 Å². The standard InChI is InChI=1S/C17H25N7O3S2/c1-29(25)24-4-2-12(3-5-24)11-27-17-21-14(13-10-19-15(18)28-13)20-16(22-17)23-6-8-26-9-7-23/h10,12H,2-9,11H2,1H3,(H2,18,19). The molecule has 2 aromatic rings. The Bertz CT molecular complexity index is 808. The Morgan fingerprint density at radius 3 is 2.66 bits per heavy atom. The summed E-state index contributed by atoms with van der Waals surface area (Å²) in [5.41, 5.74) is 5.78. The molecular weight excluding hydrogens is 414 g/mol.